The Morgan fingerprint density at radius 1 is 1.48 bits per heavy atom. The molecule has 6 heteroatoms. The van der Waals surface area contributed by atoms with E-state index < -0.39 is 0 Å². The van der Waals surface area contributed by atoms with E-state index >= 15 is 0 Å². The van der Waals surface area contributed by atoms with Gasteiger partial charge >= 0.3 is 0 Å². The number of carbonyl (C=O) groups excluding carboxylic acids is 1. The number of amides is 1. The molecule has 1 atom stereocenters. The van der Waals surface area contributed by atoms with Crippen molar-refractivity contribution >= 4 is 17.2 Å². The van der Waals surface area contributed by atoms with Gasteiger partial charge in [0.25, 0.3) is 0 Å². The number of thiazole rings is 1. The molecule has 0 aliphatic carbocycles. The SMILES string of the molecule is Cc1nc(CCCNC(=O)[C@H]2CCCN(Cc3ccco3)C2)sc1C. The molecule has 0 spiro atoms. The molecule has 3 heterocycles. The smallest absolute Gasteiger partial charge is 0.224 e. The predicted molar refractivity (Wildman–Crippen MR) is 99.6 cm³/mol. The van der Waals surface area contributed by atoms with Crippen LogP contribution in [-0.4, -0.2) is 35.4 Å². The van der Waals surface area contributed by atoms with Crippen molar-refractivity contribution in [3.63, 3.8) is 0 Å². The number of likely N-dealkylation sites (tertiary alicyclic amines) is 1. The maximum Gasteiger partial charge on any atom is 0.224 e. The molecule has 1 N–H and O–H groups in total. The van der Waals surface area contributed by atoms with Crippen molar-refractivity contribution in [1.29, 1.82) is 0 Å². The molecule has 1 saturated heterocycles. The van der Waals surface area contributed by atoms with Gasteiger partial charge in [0.2, 0.25) is 5.91 Å². The molecule has 0 unspecified atom stereocenters. The second kappa shape index (κ2) is 8.63. The van der Waals surface area contributed by atoms with Gasteiger partial charge in [0, 0.05) is 24.4 Å². The van der Waals surface area contributed by atoms with E-state index in [9.17, 15) is 4.79 Å². The largest absolute Gasteiger partial charge is 0.468 e. The molecule has 0 aromatic carbocycles. The van der Waals surface area contributed by atoms with Crippen molar-refractivity contribution in [2.75, 3.05) is 19.6 Å². The van der Waals surface area contributed by atoms with Crippen LogP contribution in [0.15, 0.2) is 22.8 Å². The molecule has 0 radical (unpaired) electrons. The minimum atomic E-state index is 0.0908. The lowest BCUT2D eigenvalue weighted by molar-refractivity contribution is -0.126. The minimum absolute atomic E-state index is 0.0908. The van der Waals surface area contributed by atoms with Crippen LogP contribution < -0.4 is 5.32 Å². The summed E-state index contributed by atoms with van der Waals surface area (Å²) < 4.78 is 5.42. The second-order valence-electron chi connectivity index (χ2n) is 6.80. The molecule has 3 rings (SSSR count). The monoisotopic (exact) mass is 361 g/mol. The quantitative estimate of drug-likeness (QED) is 0.769. The van der Waals surface area contributed by atoms with Crippen LogP contribution in [0, 0.1) is 19.8 Å². The van der Waals surface area contributed by atoms with Gasteiger partial charge in [0.15, 0.2) is 0 Å². The van der Waals surface area contributed by atoms with Crippen molar-refractivity contribution < 1.29 is 9.21 Å². The van der Waals surface area contributed by atoms with Crippen molar-refractivity contribution in [3.05, 3.63) is 39.7 Å². The highest BCUT2D eigenvalue weighted by molar-refractivity contribution is 7.11. The van der Waals surface area contributed by atoms with Crippen molar-refractivity contribution in [2.45, 2.75) is 46.1 Å². The Balaban J connectivity index is 1.38. The van der Waals surface area contributed by atoms with Crippen LogP contribution in [0.5, 0.6) is 0 Å². The van der Waals surface area contributed by atoms with E-state index in [4.69, 9.17) is 4.42 Å². The van der Waals surface area contributed by atoms with E-state index in [0.717, 1.165) is 63.3 Å². The first-order valence-electron chi connectivity index (χ1n) is 9.07. The van der Waals surface area contributed by atoms with Gasteiger partial charge in [-0.05, 0) is 51.8 Å². The molecule has 1 aliphatic rings. The van der Waals surface area contributed by atoms with E-state index in [1.54, 1.807) is 17.6 Å². The van der Waals surface area contributed by atoms with Gasteiger partial charge in [-0.3, -0.25) is 9.69 Å². The molecular weight excluding hydrogens is 334 g/mol. The summed E-state index contributed by atoms with van der Waals surface area (Å²) in [6.07, 6.45) is 5.63. The summed E-state index contributed by atoms with van der Waals surface area (Å²) in [6, 6.07) is 3.90. The average Bonchev–Trinajstić information content (AvgIpc) is 3.22. The molecule has 2 aromatic rings. The van der Waals surface area contributed by atoms with Gasteiger partial charge < -0.3 is 9.73 Å². The Bertz CT molecular complexity index is 661. The average molecular weight is 362 g/mol. The van der Waals surface area contributed by atoms with Crippen LogP contribution in [0.1, 0.15) is 40.6 Å². The van der Waals surface area contributed by atoms with Gasteiger partial charge in [-0.1, -0.05) is 0 Å². The number of piperidine rings is 1. The lowest BCUT2D eigenvalue weighted by atomic mass is 9.97. The van der Waals surface area contributed by atoms with E-state index in [-0.39, 0.29) is 11.8 Å². The summed E-state index contributed by atoms with van der Waals surface area (Å²) in [4.78, 5) is 20.6. The summed E-state index contributed by atoms with van der Waals surface area (Å²) in [6.45, 7) is 7.53. The maximum absolute atomic E-state index is 12.4. The molecule has 5 nitrogen and oxygen atoms in total. The summed E-state index contributed by atoms with van der Waals surface area (Å²) in [5.74, 6) is 1.25. The first-order valence-corrected chi connectivity index (χ1v) is 9.89. The summed E-state index contributed by atoms with van der Waals surface area (Å²) in [5, 5.41) is 4.28. The molecule has 136 valence electrons. The van der Waals surface area contributed by atoms with Gasteiger partial charge in [-0.15, -0.1) is 11.3 Å². The Morgan fingerprint density at radius 2 is 2.36 bits per heavy atom. The zero-order valence-corrected chi connectivity index (χ0v) is 15.9. The Kier molecular flexibility index (Phi) is 6.26. The Labute approximate surface area is 153 Å². The Hall–Kier alpha value is -1.66. The van der Waals surface area contributed by atoms with Crippen LogP contribution in [0.3, 0.4) is 0 Å². The number of furan rings is 1. The number of hydrogen-bond donors (Lipinski definition) is 1. The third-order valence-electron chi connectivity index (χ3n) is 4.78. The molecule has 0 bridgehead atoms. The molecule has 2 aromatic heterocycles. The van der Waals surface area contributed by atoms with E-state index in [1.165, 1.54) is 9.88 Å². The number of aromatic nitrogens is 1. The normalized spacial score (nSPS) is 18.4. The third kappa shape index (κ3) is 5.16. The summed E-state index contributed by atoms with van der Waals surface area (Å²) in [5.41, 5.74) is 1.13. The lowest BCUT2D eigenvalue weighted by Crippen LogP contribution is -2.42. The molecule has 1 amide bonds. The van der Waals surface area contributed by atoms with E-state index in [2.05, 4.69) is 29.0 Å². The fourth-order valence-electron chi connectivity index (χ4n) is 3.28. The number of aryl methyl sites for hydroxylation is 3. The van der Waals surface area contributed by atoms with Crippen molar-refractivity contribution in [3.8, 4) is 0 Å². The number of nitrogens with zero attached hydrogens (tertiary/aromatic N) is 2. The van der Waals surface area contributed by atoms with E-state index in [0.29, 0.717) is 0 Å². The van der Waals surface area contributed by atoms with E-state index in [1.807, 2.05) is 12.1 Å². The van der Waals surface area contributed by atoms with Crippen LogP contribution in [0.2, 0.25) is 0 Å². The molecule has 1 fully saturated rings. The lowest BCUT2D eigenvalue weighted by Gasteiger charge is -2.31. The maximum atomic E-state index is 12.4. The summed E-state index contributed by atoms with van der Waals surface area (Å²) in [7, 11) is 0. The first-order chi connectivity index (χ1) is 12.1. The predicted octanol–water partition coefficient (Wildman–Crippen LogP) is 3.31. The fraction of sp³-hybridized carbons (Fsp3) is 0.579. The number of carbonyl (C=O) groups is 1. The van der Waals surface area contributed by atoms with Gasteiger partial charge in [0.05, 0.1) is 29.4 Å². The molecule has 1 aliphatic heterocycles. The zero-order valence-electron chi connectivity index (χ0n) is 15.1. The topological polar surface area (TPSA) is 58.4 Å². The number of rotatable bonds is 7. The third-order valence-corrected chi connectivity index (χ3v) is 5.91. The van der Waals surface area contributed by atoms with Gasteiger partial charge in [-0.25, -0.2) is 4.98 Å². The second-order valence-corrected chi connectivity index (χ2v) is 8.09. The minimum Gasteiger partial charge on any atom is -0.468 e. The highest BCUT2D eigenvalue weighted by Crippen LogP contribution is 2.20. The van der Waals surface area contributed by atoms with Crippen LogP contribution in [0.25, 0.3) is 0 Å². The van der Waals surface area contributed by atoms with Crippen LogP contribution in [-0.2, 0) is 17.8 Å². The molecular formula is C19H27N3O2S. The highest BCUT2D eigenvalue weighted by Gasteiger charge is 2.25. The Morgan fingerprint density at radius 3 is 3.08 bits per heavy atom. The molecule has 0 saturated carbocycles. The van der Waals surface area contributed by atoms with Gasteiger partial charge in [0.1, 0.15) is 5.76 Å². The van der Waals surface area contributed by atoms with Crippen molar-refractivity contribution in [2.24, 2.45) is 5.92 Å². The van der Waals surface area contributed by atoms with Crippen LogP contribution >= 0.6 is 11.3 Å². The first kappa shape index (κ1) is 18.1. The van der Waals surface area contributed by atoms with Gasteiger partial charge in [-0.2, -0.15) is 0 Å². The van der Waals surface area contributed by atoms with Crippen LogP contribution in [0.4, 0.5) is 0 Å². The summed E-state index contributed by atoms with van der Waals surface area (Å²) >= 11 is 1.76. The fourth-order valence-corrected chi connectivity index (χ4v) is 4.25. The zero-order chi connectivity index (χ0) is 17.6. The number of hydrogen-bond acceptors (Lipinski definition) is 5. The number of nitrogens with one attached hydrogen (secondary N) is 1. The standard InChI is InChI=1S/C19H27N3O2S/c1-14-15(2)25-18(21-14)8-3-9-20-19(23)16-6-4-10-22(12-16)13-17-7-5-11-24-17/h5,7,11,16H,3-4,6,8-10,12-13H2,1-2H3,(H,20,23)/t16-/m0/s1. The molecule has 25 heavy (non-hydrogen) atoms. The van der Waals surface area contributed by atoms with Crippen molar-refractivity contribution in [1.82, 2.24) is 15.2 Å². The highest BCUT2D eigenvalue weighted by atomic mass is 32.1.